The maximum Gasteiger partial charge on any atom is 0.313 e. The van der Waals surface area contributed by atoms with Gasteiger partial charge in [-0.15, -0.1) is 0 Å². The summed E-state index contributed by atoms with van der Waals surface area (Å²) in [4.78, 5) is 26.1. The first kappa shape index (κ1) is 17.1. The molecule has 1 heterocycles. The molecule has 1 aliphatic heterocycles. The summed E-state index contributed by atoms with van der Waals surface area (Å²) in [5.41, 5.74) is 1.35. The zero-order chi connectivity index (χ0) is 17.0. The minimum atomic E-state index is -0.616. The van der Waals surface area contributed by atoms with Crippen LogP contribution in [0.4, 0.5) is 5.69 Å². The van der Waals surface area contributed by atoms with E-state index >= 15 is 0 Å². The summed E-state index contributed by atoms with van der Waals surface area (Å²) in [6.45, 7) is 5.27. The molecule has 1 N–H and O–H groups in total. The van der Waals surface area contributed by atoms with Crippen molar-refractivity contribution in [3.63, 3.8) is 0 Å². The van der Waals surface area contributed by atoms with Crippen molar-refractivity contribution in [3.8, 4) is 11.5 Å². The number of rotatable bonds is 3. The number of nitrogens with one attached hydrogen (secondary N) is 1. The lowest BCUT2D eigenvalue weighted by molar-refractivity contribution is -0.144. The van der Waals surface area contributed by atoms with Crippen molar-refractivity contribution in [3.05, 3.63) is 17.7 Å². The van der Waals surface area contributed by atoms with E-state index in [4.69, 9.17) is 9.47 Å². The second kappa shape index (κ2) is 7.35. The highest BCUT2D eigenvalue weighted by atomic mass is 16.5. The van der Waals surface area contributed by atoms with E-state index in [1.54, 1.807) is 24.1 Å². The smallest absolute Gasteiger partial charge is 0.313 e. The van der Waals surface area contributed by atoms with Gasteiger partial charge >= 0.3 is 11.8 Å². The number of anilines is 1. The predicted octanol–water partition coefficient (Wildman–Crippen LogP) is 2.21. The van der Waals surface area contributed by atoms with Crippen LogP contribution in [0.5, 0.6) is 11.5 Å². The molecule has 23 heavy (non-hydrogen) atoms. The van der Waals surface area contributed by atoms with Crippen LogP contribution in [0.1, 0.15) is 25.3 Å². The maximum absolute atomic E-state index is 12.3. The van der Waals surface area contributed by atoms with Gasteiger partial charge in [-0.1, -0.05) is 6.92 Å². The third-order valence-electron chi connectivity index (χ3n) is 4.24. The standard InChI is InChI=1S/C17H24N2O4/c1-11-5-7-19(8-6-11)17(21)16(20)18-13-10-15(23-4)14(22-3)9-12(13)2/h9-11H,5-8H2,1-4H3,(H,18,20). The van der Waals surface area contributed by atoms with Gasteiger partial charge in [0.1, 0.15) is 0 Å². The van der Waals surface area contributed by atoms with Crippen LogP contribution in [-0.2, 0) is 9.59 Å². The maximum atomic E-state index is 12.3. The minimum absolute atomic E-state index is 0.480. The fourth-order valence-corrected chi connectivity index (χ4v) is 2.65. The zero-order valence-electron chi connectivity index (χ0n) is 14.1. The second-order valence-corrected chi connectivity index (χ2v) is 5.95. The molecular formula is C17H24N2O4. The van der Waals surface area contributed by atoms with Crippen LogP contribution in [0, 0.1) is 12.8 Å². The van der Waals surface area contributed by atoms with Crippen molar-refractivity contribution in [2.24, 2.45) is 5.92 Å². The molecule has 0 radical (unpaired) electrons. The highest BCUT2D eigenvalue weighted by molar-refractivity contribution is 6.39. The summed E-state index contributed by atoms with van der Waals surface area (Å²) in [5.74, 6) is 0.600. The van der Waals surface area contributed by atoms with Gasteiger partial charge in [-0.2, -0.15) is 0 Å². The average molecular weight is 320 g/mol. The topological polar surface area (TPSA) is 67.9 Å². The molecule has 126 valence electrons. The summed E-state index contributed by atoms with van der Waals surface area (Å²) in [6, 6.07) is 3.43. The molecule has 6 nitrogen and oxygen atoms in total. The molecule has 2 amide bonds. The Labute approximate surface area is 136 Å². The number of hydrogen-bond donors (Lipinski definition) is 1. The Bertz CT molecular complexity index is 593. The number of carbonyl (C=O) groups excluding carboxylic acids is 2. The average Bonchev–Trinajstić information content (AvgIpc) is 2.56. The Kier molecular flexibility index (Phi) is 5.47. The molecule has 6 heteroatoms. The van der Waals surface area contributed by atoms with Crippen molar-refractivity contribution in [1.29, 1.82) is 0 Å². The van der Waals surface area contributed by atoms with E-state index < -0.39 is 11.8 Å². The van der Waals surface area contributed by atoms with Gasteiger partial charge in [-0.25, -0.2) is 0 Å². The summed E-state index contributed by atoms with van der Waals surface area (Å²) in [5, 5.41) is 2.68. The lowest BCUT2D eigenvalue weighted by atomic mass is 9.99. The van der Waals surface area contributed by atoms with Gasteiger partial charge in [0.25, 0.3) is 0 Å². The SMILES string of the molecule is COc1cc(C)c(NC(=O)C(=O)N2CCC(C)CC2)cc1OC. The molecule has 1 fully saturated rings. The Balaban J connectivity index is 2.09. The summed E-state index contributed by atoms with van der Waals surface area (Å²) >= 11 is 0. The molecule has 2 rings (SSSR count). The van der Waals surface area contributed by atoms with Crippen molar-refractivity contribution in [2.45, 2.75) is 26.7 Å². The predicted molar refractivity (Wildman–Crippen MR) is 87.9 cm³/mol. The fraction of sp³-hybridized carbons (Fsp3) is 0.529. The number of methoxy groups -OCH3 is 2. The highest BCUT2D eigenvalue weighted by Crippen LogP contribution is 2.32. The normalized spacial score (nSPS) is 15.2. The van der Waals surface area contributed by atoms with Crippen molar-refractivity contribution in [2.75, 3.05) is 32.6 Å². The first-order valence-electron chi connectivity index (χ1n) is 7.79. The first-order chi connectivity index (χ1) is 11.0. The summed E-state index contributed by atoms with van der Waals surface area (Å²) < 4.78 is 10.4. The van der Waals surface area contributed by atoms with E-state index in [0.717, 1.165) is 18.4 Å². The van der Waals surface area contributed by atoms with E-state index in [1.165, 1.54) is 7.11 Å². The first-order valence-corrected chi connectivity index (χ1v) is 7.79. The van der Waals surface area contributed by atoms with Crippen LogP contribution in [0.15, 0.2) is 12.1 Å². The van der Waals surface area contributed by atoms with Gasteiger partial charge in [0.2, 0.25) is 0 Å². The molecule has 1 aromatic rings. The Morgan fingerprint density at radius 1 is 1.13 bits per heavy atom. The second-order valence-electron chi connectivity index (χ2n) is 5.95. The molecule has 0 aromatic heterocycles. The minimum Gasteiger partial charge on any atom is -0.493 e. The van der Waals surface area contributed by atoms with E-state index in [1.807, 2.05) is 6.92 Å². The van der Waals surface area contributed by atoms with E-state index in [0.29, 0.717) is 36.2 Å². The van der Waals surface area contributed by atoms with Crippen LogP contribution in [0.2, 0.25) is 0 Å². The quantitative estimate of drug-likeness (QED) is 0.867. The van der Waals surface area contributed by atoms with Crippen molar-refractivity contribution < 1.29 is 19.1 Å². The molecule has 0 atom stereocenters. The van der Waals surface area contributed by atoms with Gasteiger partial charge in [0.05, 0.1) is 14.2 Å². The third-order valence-corrected chi connectivity index (χ3v) is 4.24. The number of benzene rings is 1. The molecule has 0 aliphatic carbocycles. The van der Waals surface area contributed by atoms with Gasteiger partial charge in [0.15, 0.2) is 11.5 Å². The number of hydrogen-bond acceptors (Lipinski definition) is 4. The Morgan fingerprint density at radius 3 is 2.26 bits per heavy atom. The van der Waals surface area contributed by atoms with Crippen LogP contribution < -0.4 is 14.8 Å². The Hall–Kier alpha value is -2.24. The van der Waals surface area contributed by atoms with Crippen LogP contribution in [0.3, 0.4) is 0 Å². The number of piperidine rings is 1. The van der Waals surface area contributed by atoms with E-state index in [2.05, 4.69) is 12.2 Å². The van der Waals surface area contributed by atoms with E-state index in [-0.39, 0.29) is 0 Å². The van der Waals surface area contributed by atoms with Gasteiger partial charge in [-0.05, 0) is 37.3 Å². The number of carbonyl (C=O) groups is 2. The van der Waals surface area contributed by atoms with Crippen LogP contribution in [-0.4, -0.2) is 44.0 Å². The van der Waals surface area contributed by atoms with Gasteiger partial charge in [-0.3, -0.25) is 9.59 Å². The molecule has 0 spiro atoms. The number of ether oxygens (including phenoxy) is 2. The fourth-order valence-electron chi connectivity index (χ4n) is 2.65. The van der Waals surface area contributed by atoms with E-state index in [9.17, 15) is 9.59 Å². The lowest BCUT2D eigenvalue weighted by Crippen LogP contribution is -2.43. The number of likely N-dealkylation sites (tertiary alicyclic amines) is 1. The number of aryl methyl sites for hydroxylation is 1. The lowest BCUT2D eigenvalue weighted by Gasteiger charge is -2.29. The Morgan fingerprint density at radius 2 is 1.70 bits per heavy atom. The van der Waals surface area contributed by atoms with Gasteiger partial charge < -0.3 is 19.7 Å². The molecular weight excluding hydrogens is 296 g/mol. The largest absolute Gasteiger partial charge is 0.493 e. The molecule has 1 saturated heterocycles. The molecule has 1 aliphatic rings. The monoisotopic (exact) mass is 320 g/mol. The van der Waals surface area contributed by atoms with Crippen LogP contribution >= 0.6 is 0 Å². The molecule has 1 aromatic carbocycles. The van der Waals surface area contributed by atoms with Crippen molar-refractivity contribution >= 4 is 17.5 Å². The summed E-state index contributed by atoms with van der Waals surface area (Å²) in [6.07, 6.45) is 1.88. The molecule has 0 saturated carbocycles. The zero-order valence-corrected chi connectivity index (χ0v) is 14.1. The van der Waals surface area contributed by atoms with Crippen molar-refractivity contribution in [1.82, 2.24) is 4.90 Å². The third kappa shape index (κ3) is 3.94. The van der Waals surface area contributed by atoms with Gasteiger partial charge in [0, 0.05) is 24.8 Å². The number of amides is 2. The molecule has 0 unspecified atom stereocenters. The summed E-state index contributed by atoms with van der Waals surface area (Å²) in [7, 11) is 3.08. The molecule has 0 bridgehead atoms. The van der Waals surface area contributed by atoms with Crippen LogP contribution in [0.25, 0.3) is 0 Å². The highest BCUT2D eigenvalue weighted by Gasteiger charge is 2.26. The number of nitrogens with zero attached hydrogens (tertiary/aromatic N) is 1.